The van der Waals surface area contributed by atoms with Crippen molar-refractivity contribution in [1.29, 1.82) is 5.26 Å². The highest BCUT2D eigenvalue weighted by Gasteiger charge is 2.15. The number of aromatic nitrogens is 1. The number of pyridine rings is 1. The smallest absolute Gasteiger partial charge is 0.140 e. The Morgan fingerprint density at radius 1 is 1.69 bits per heavy atom. The van der Waals surface area contributed by atoms with Gasteiger partial charge < -0.3 is 5.32 Å². The van der Waals surface area contributed by atoms with Crippen molar-refractivity contribution in [3.05, 3.63) is 29.6 Å². The lowest BCUT2D eigenvalue weighted by Crippen LogP contribution is -2.48. The van der Waals surface area contributed by atoms with Gasteiger partial charge in [0.15, 0.2) is 0 Å². The third-order valence-electron chi connectivity index (χ3n) is 2.80. The fourth-order valence-electron chi connectivity index (χ4n) is 2.05. The summed E-state index contributed by atoms with van der Waals surface area (Å²) in [5.74, 6) is 0. The van der Waals surface area contributed by atoms with Crippen molar-refractivity contribution in [3.63, 3.8) is 0 Å². The number of piperazine rings is 1. The molecule has 16 heavy (non-hydrogen) atoms. The second-order valence-electron chi connectivity index (χ2n) is 4.25. The minimum absolute atomic E-state index is 0.501. The van der Waals surface area contributed by atoms with Crippen molar-refractivity contribution in [2.75, 3.05) is 19.6 Å². The molecular formula is C12H16N4. The van der Waals surface area contributed by atoms with E-state index in [-0.39, 0.29) is 0 Å². The third kappa shape index (κ3) is 2.78. The number of hydrogen-bond donors (Lipinski definition) is 1. The van der Waals surface area contributed by atoms with E-state index >= 15 is 0 Å². The highest BCUT2D eigenvalue weighted by atomic mass is 15.2. The Labute approximate surface area is 95.9 Å². The standard InChI is InChI=1S/C12H16N4/c1-10-8-16(5-4-14-10)9-11-2-3-15-12(6-11)7-13/h2-3,6,10,14H,4-5,8-9H2,1H3. The SMILES string of the molecule is CC1CN(Cc2ccnc(C#N)c2)CCN1. The van der Waals surface area contributed by atoms with Crippen LogP contribution in [0.4, 0.5) is 0 Å². The van der Waals surface area contributed by atoms with E-state index in [4.69, 9.17) is 5.26 Å². The fourth-order valence-corrected chi connectivity index (χ4v) is 2.05. The molecule has 1 N–H and O–H groups in total. The number of nitriles is 1. The van der Waals surface area contributed by atoms with Crippen LogP contribution in [-0.4, -0.2) is 35.6 Å². The first-order chi connectivity index (χ1) is 7.78. The quantitative estimate of drug-likeness (QED) is 0.792. The molecule has 0 aromatic carbocycles. The van der Waals surface area contributed by atoms with Gasteiger partial charge in [0.1, 0.15) is 11.8 Å². The molecule has 0 spiro atoms. The highest BCUT2D eigenvalue weighted by molar-refractivity contribution is 5.25. The molecule has 2 rings (SSSR count). The average Bonchev–Trinajstić information content (AvgIpc) is 2.29. The average molecular weight is 216 g/mol. The van der Waals surface area contributed by atoms with Crippen molar-refractivity contribution in [3.8, 4) is 6.07 Å². The second-order valence-corrected chi connectivity index (χ2v) is 4.25. The predicted octanol–water partition coefficient (Wildman–Crippen LogP) is 0.747. The Kier molecular flexibility index (Phi) is 3.50. The second kappa shape index (κ2) is 5.06. The summed E-state index contributed by atoms with van der Waals surface area (Å²) in [5.41, 5.74) is 1.67. The zero-order valence-corrected chi connectivity index (χ0v) is 9.48. The largest absolute Gasteiger partial charge is 0.312 e. The lowest BCUT2D eigenvalue weighted by molar-refractivity contribution is 0.199. The summed E-state index contributed by atoms with van der Waals surface area (Å²) in [4.78, 5) is 6.37. The molecule has 0 radical (unpaired) electrons. The molecule has 1 aliphatic heterocycles. The van der Waals surface area contributed by atoms with E-state index in [0.717, 1.165) is 26.2 Å². The van der Waals surface area contributed by atoms with Gasteiger partial charge in [-0.2, -0.15) is 5.26 Å². The van der Waals surface area contributed by atoms with Gasteiger partial charge in [0, 0.05) is 38.4 Å². The fraction of sp³-hybridized carbons (Fsp3) is 0.500. The molecule has 4 nitrogen and oxygen atoms in total. The molecule has 0 amide bonds. The number of rotatable bonds is 2. The lowest BCUT2D eigenvalue weighted by Gasteiger charge is -2.31. The van der Waals surface area contributed by atoms with E-state index in [2.05, 4.69) is 28.2 Å². The Hall–Kier alpha value is -1.44. The Balaban J connectivity index is 2.00. The maximum atomic E-state index is 8.77. The van der Waals surface area contributed by atoms with Crippen molar-refractivity contribution in [2.45, 2.75) is 19.5 Å². The van der Waals surface area contributed by atoms with Crippen LogP contribution in [0.1, 0.15) is 18.2 Å². The first-order valence-corrected chi connectivity index (χ1v) is 5.58. The highest BCUT2D eigenvalue weighted by Crippen LogP contribution is 2.08. The van der Waals surface area contributed by atoms with E-state index < -0.39 is 0 Å². The van der Waals surface area contributed by atoms with Crippen LogP contribution in [0.15, 0.2) is 18.3 Å². The van der Waals surface area contributed by atoms with Crippen molar-refractivity contribution in [1.82, 2.24) is 15.2 Å². The van der Waals surface area contributed by atoms with Crippen LogP contribution < -0.4 is 5.32 Å². The maximum absolute atomic E-state index is 8.77. The maximum Gasteiger partial charge on any atom is 0.140 e. The zero-order valence-electron chi connectivity index (χ0n) is 9.48. The molecule has 4 heteroatoms. The summed E-state index contributed by atoms with van der Waals surface area (Å²) in [7, 11) is 0. The lowest BCUT2D eigenvalue weighted by atomic mass is 10.2. The molecule has 1 fully saturated rings. The number of hydrogen-bond acceptors (Lipinski definition) is 4. The van der Waals surface area contributed by atoms with Gasteiger partial charge >= 0.3 is 0 Å². The Bertz CT molecular complexity index is 396. The topological polar surface area (TPSA) is 52.0 Å². The van der Waals surface area contributed by atoms with Crippen molar-refractivity contribution >= 4 is 0 Å². The van der Waals surface area contributed by atoms with Crippen LogP contribution in [0, 0.1) is 11.3 Å². The molecule has 1 saturated heterocycles. The Morgan fingerprint density at radius 3 is 3.31 bits per heavy atom. The molecule has 0 saturated carbocycles. The summed E-state index contributed by atoms with van der Waals surface area (Å²) in [6.07, 6.45) is 1.71. The third-order valence-corrected chi connectivity index (χ3v) is 2.80. The monoisotopic (exact) mass is 216 g/mol. The summed E-state index contributed by atoms with van der Waals surface area (Å²) in [6.45, 7) is 6.26. The summed E-state index contributed by atoms with van der Waals surface area (Å²) in [5, 5.41) is 12.2. The first-order valence-electron chi connectivity index (χ1n) is 5.58. The molecular weight excluding hydrogens is 200 g/mol. The summed E-state index contributed by atoms with van der Waals surface area (Å²) in [6, 6.07) is 6.47. The summed E-state index contributed by atoms with van der Waals surface area (Å²) < 4.78 is 0. The molecule has 1 aromatic heterocycles. The summed E-state index contributed by atoms with van der Waals surface area (Å²) >= 11 is 0. The van der Waals surface area contributed by atoms with Crippen LogP contribution in [-0.2, 0) is 6.54 Å². The van der Waals surface area contributed by atoms with Gasteiger partial charge in [0.2, 0.25) is 0 Å². The molecule has 1 unspecified atom stereocenters. The van der Waals surface area contributed by atoms with Gasteiger partial charge in [0.05, 0.1) is 0 Å². The Morgan fingerprint density at radius 2 is 2.56 bits per heavy atom. The van der Waals surface area contributed by atoms with Gasteiger partial charge in [-0.3, -0.25) is 4.90 Å². The van der Waals surface area contributed by atoms with Crippen LogP contribution in [0.25, 0.3) is 0 Å². The van der Waals surface area contributed by atoms with Crippen LogP contribution >= 0.6 is 0 Å². The van der Waals surface area contributed by atoms with Crippen molar-refractivity contribution in [2.24, 2.45) is 0 Å². The van der Waals surface area contributed by atoms with E-state index in [0.29, 0.717) is 11.7 Å². The molecule has 84 valence electrons. The van der Waals surface area contributed by atoms with E-state index in [1.165, 1.54) is 5.56 Å². The van der Waals surface area contributed by atoms with E-state index in [9.17, 15) is 0 Å². The molecule has 1 aliphatic rings. The van der Waals surface area contributed by atoms with Gasteiger partial charge in [0.25, 0.3) is 0 Å². The van der Waals surface area contributed by atoms with Gasteiger partial charge in [-0.1, -0.05) is 0 Å². The predicted molar refractivity (Wildman–Crippen MR) is 61.7 cm³/mol. The number of nitrogens with one attached hydrogen (secondary N) is 1. The van der Waals surface area contributed by atoms with E-state index in [1.54, 1.807) is 6.20 Å². The molecule has 1 aromatic rings. The van der Waals surface area contributed by atoms with Gasteiger partial charge in [-0.05, 0) is 24.6 Å². The van der Waals surface area contributed by atoms with Gasteiger partial charge in [-0.25, -0.2) is 4.98 Å². The molecule has 0 aliphatic carbocycles. The minimum Gasteiger partial charge on any atom is -0.312 e. The van der Waals surface area contributed by atoms with Crippen LogP contribution in [0.5, 0.6) is 0 Å². The first kappa shape index (κ1) is 11.1. The molecule has 0 bridgehead atoms. The number of nitrogens with zero attached hydrogens (tertiary/aromatic N) is 3. The van der Waals surface area contributed by atoms with Crippen molar-refractivity contribution < 1.29 is 0 Å². The molecule has 2 heterocycles. The van der Waals surface area contributed by atoms with Gasteiger partial charge in [-0.15, -0.1) is 0 Å². The normalized spacial score (nSPS) is 21.6. The van der Waals surface area contributed by atoms with Crippen LogP contribution in [0.3, 0.4) is 0 Å². The molecule has 1 atom stereocenters. The minimum atomic E-state index is 0.501. The van der Waals surface area contributed by atoms with E-state index in [1.807, 2.05) is 12.1 Å². The zero-order chi connectivity index (χ0) is 11.4. The van der Waals surface area contributed by atoms with Crippen LogP contribution in [0.2, 0.25) is 0 Å².